The van der Waals surface area contributed by atoms with Gasteiger partial charge in [0.05, 0.1) is 30.6 Å². The number of carbonyl (C=O) groups excluding carboxylic acids is 2. The van der Waals surface area contributed by atoms with E-state index >= 15 is 0 Å². The molecule has 0 atom stereocenters. The van der Waals surface area contributed by atoms with E-state index in [2.05, 4.69) is 38.1 Å². The number of rotatable bonds is 6. The Hall–Kier alpha value is -5.36. The maximum atomic E-state index is 14.2. The van der Waals surface area contributed by atoms with Gasteiger partial charge in [-0.25, -0.2) is 19.2 Å². The van der Waals surface area contributed by atoms with Crippen molar-refractivity contribution in [3.8, 4) is 22.5 Å². The lowest BCUT2D eigenvalue weighted by molar-refractivity contribution is -0.114. The molecule has 218 valence electrons. The number of aryl methyl sites for hydroxylation is 1. The first-order chi connectivity index (χ1) is 20.8. The van der Waals surface area contributed by atoms with E-state index in [-0.39, 0.29) is 17.3 Å². The molecule has 3 heterocycles. The van der Waals surface area contributed by atoms with Gasteiger partial charge in [0.25, 0.3) is 0 Å². The molecule has 0 radical (unpaired) electrons. The molecule has 0 aliphatic carbocycles. The van der Waals surface area contributed by atoms with Gasteiger partial charge in [0.15, 0.2) is 5.82 Å². The molecule has 3 aromatic carbocycles. The highest BCUT2D eigenvalue weighted by Gasteiger charge is 2.19. The number of morpholine rings is 1. The number of halogens is 1. The molecule has 0 spiro atoms. The topological polar surface area (TPSA) is 126 Å². The predicted molar refractivity (Wildman–Crippen MR) is 164 cm³/mol. The first-order valence-electron chi connectivity index (χ1n) is 13.7. The normalized spacial score (nSPS) is 13.1. The molecule has 0 bridgehead atoms. The zero-order valence-corrected chi connectivity index (χ0v) is 23.6. The van der Waals surface area contributed by atoms with Crippen LogP contribution in [0.4, 0.5) is 32.1 Å². The van der Waals surface area contributed by atoms with Gasteiger partial charge in [-0.2, -0.15) is 5.10 Å². The Bertz CT molecular complexity index is 1820. The summed E-state index contributed by atoms with van der Waals surface area (Å²) in [5.74, 6) is 0.362. The maximum Gasteiger partial charge on any atom is 0.323 e. The minimum absolute atomic E-state index is 0.0371. The second-order valence-corrected chi connectivity index (χ2v) is 10.1. The summed E-state index contributed by atoms with van der Waals surface area (Å²) in [7, 11) is 1.88. The summed E-state index contributed by atoms with van der Waals surface area (Å²) < 4.78 is 21.6. The van der Waals surface area contributed by atoms with E-state index in [1.165, 1.54) is 19.1 Å². The molecule has 0 unspecified atom stereocenters. The Morgan fingerprint density at radius 2 is 1.58 bits per heavy atom. The summed E-state index contributed by atoms with van der Waals surface area (Å²) in [6.45, 7) is 4.01. The molecular weight excluding hydrogens is 551 g/mol. The second-order valence-electron chi connectivity index (χ2n) is 10.1. The van der Waals surface area contributed by atoms with E-state index in [0.717, 1.165) is 52.6 Å². The fourth-order valence-electron chi connectivity index (χ4n) is 4.89. The van der Waals surface area contributed by atoms with Gasteiger partial charge in [-0.1, -0.05) is 6.07 Å². The van der Waals surface area contributed by atoms with E-state index < -0.39 is 11.8 Å². The average molecular weight is 581 g/mol. The van der Waals surface area contributed by atoms with Gasteiger partial charge >= 0.3 is 6.03 Å². The van der Waals surface area contributed by atoms with Crippen molar-refractivity contribution in [2.45, 2.75) is 6.92 Å². The van der Waals surface area contributed by atoms with E-state index in [1.54, 1.807) is 16.8 Å². The zero-order valence-electron chi connectivity index (χ0n) is 23.6. The number of fused-ring (bicyclic) bond motifs is 1. The lowest BCUT2D eigenvalue weighted by atomic mass is 10.1. The van der Waals surface area contributed by atoms with E-state index in [9.17, 15) is 14.0 Å². The van der Waals surface area contributed by atoms with Crippen LogP contribution in [0.5, 0.6) is 0 Å². The van der Waals surface area contributed by atoms with Crippen LogP contribution in [-0.4, -0.2) is 58.0 Å². The fraction of sp³-hybridized carbons (Fsp3) is 0.194. The van der Waals surface area contributed by atoms with Gasteiger partial charge in [0.2, 0.25) is 5.91 Å². The third kappa shape index (κ3) is 6.28. The summed E-state index contributed by atoms with van der Waals surface area (Å²) in [5, 5.41) is 13.0. The minimum atomic E-state index is -0.656. The molecule has 0 saturated carbocycles. The summed E-state index contributed by atoms with van der Waals surface area (Å²) in [6.07, 6.45) is 3.79. The van der Waals surface area contributed by atoms with Crippen LogP contribution in [-0.2, 0) is 16.6 Å². The van der Waals surface area contributed by atoms with Crippen molar-refractivity contribution in [3.63, 3.8) is 0 Å². The van der Waals surface area contributed by atoms with Crippen LogP contribution in [0.2, 0.25) is 0 Å². The molecular formula is C31H29FN8O3. The van der Waals surface area contributed by atoms with Crippen LogP contribution < -0.4 is 20.9 Å². The number of aromatic nitrogens is 4. The van der Waals surface area contributed by atoms with E-state index in [1.807, 2.05) is 37.6 Å². The van der Waals surface area contributed by atoms with Crippen LogP contribution in [0.3, 0.4) is 0 Å². The number of anilines is 4. The minimum Gasteiger partial charge on any atom is -0.378 e. The van der Waals surface area contributed by atoms with Gasteiger partial charge < -0.3 is 25.6 Å². The fourth-order valence-corrected chi connectivity index (χ4v) is 4.89. The number of nitrogens with one attached hydrogen (secondary N) is 3. The molecule has 5 aromatic rings. The van der Waals surface area contributed by atoms with Gasteiger partial charge in [-0.05, 0) is 60.2 Å². The molecule has 11 nitrogen and oxygen atoms in total. The highest BCUT2D eigenvalue weighted by Crippen LogP contribution is 2.32. The highest BCUT2D eigenvalue weighted by molar-refractivity contribution is 6.00. The largest absolute Gasteiger partial charge is 0.378 e. The lowest BCUT2D eigenvalue weighted by Crippen LogP contribution is -2.37. The first-order valence-corrected chi connectivity index (χ1v) is 13.7. The van der Waals surface area contributed by atoms with Crippen LogP contribution in [0.25, 0.3) is 33.4 Å². The SMILES string of the molecule is CC(=O)Nc1ccc(NC(=O)Nc2ccc(-c3nc(N4CCOCC4)c4ccc(-c5cnn(C)c5)cc4n3)cc2)cc1F. The molecule has 1 fully saturated rings. The molecule has 6 rings (SSSR count). The Kier molecular flexibility index (Phi) is 7.67. The number of amides is 3. The van der Waals surface area contributed by atoms with Crippen LogP contribution in [0.1, 0.15) is 6.92 Å². The molecule has 1 aliphatic rings. The van der Waals surface area contributed by atoms with Gasteiger partial charge in [-0.15, -0.1) is 0 Å². The number of hydrogen-bond acceptors (Lipinski definition) is 7. The maximum absolute atomic E-state index is 14.2. The Morgan fingerprint density at radius 1 is 0.860 bits per heavy atom. The van der Waals surface area contributed by atoms with Gasteiger partial charge in [0.1, 0.15) is 11.6 Å². The third-order valence-electron chi connectivity index (χ3n) is 6.96. The molecule has 12 heteroatoms. The Morgan fingerprint density at radius 3 is 2.28 bits per heavy atom. The smallest absolute Gasteiger partial charge is 0.323 e. The average Bonchev–Trinajstić information content (AvgIpc) is 3.44. The molecule has 43 heavy (non-hydrogen) atoms. The number of benzene rings is 3. The standard InChI is InChI=1S/C31H29FN8O3/c1-19(41)34-27-10-8-24(16-26(27)32)36-31(42)35-23-6-3-20(4-7-23)29-37-28-15-21(22-17-33-39(2)18-22)5-9-25(28)30(38-29)40-11-13-43-14-12-40/h3-10,15-18H,11-14H2,1-2H3,(H,34,41)(H2,35,36,42). The molecule has 3 N–H and O–H groups in total. The summed E-state index contributed by atoms with van der Waals surface area (Å²) in [4.78, 5) is 35.8. The van der Waals surface area contributed by atoms with E-state index in [0.29, 0.717) is 24.7 Å². The monoisotopic (exact) mass is 580 g/mol. The van der Waals surface area contributed by atoms with Crippen molar-refractivity contribution in [3.05, 3.63) is 78.9 Å². The van der Waals surface area contributed by atoms with Crippen molar-refractivity contribution >= 4 is 45.7 Å². The molecule has 1 saturated heterocycles. The lowest BCUT2D eigenvalue weighted by Gasteiger charge is -2.29. The van der Waals surface area contributed by atoms with Crippen molar-refractivity contribution in [1.82, 2.24) is 19.7 Å². The number of carbonyl (C=O) groups is 2. The number of nitrogens with zero attached hydrogens (tertiary/aromatic N) is 5. The molecule has 1 aliphatic heterocycles. The third-order valence-corrected chi connectivity index (χ3v) is 6.96. The molecule has 2 aromatic heterocycles. The molecule has 3 amide bonds. The van der Waals surface area contributed by atoms with Crippen LogP contribution in [0, 0.1) is 5.82 Å². The van der Waals surface area contributed by atoms with Crippen molar-refractivity contribution in [1.29, 1.82) is 0 Å². The summed E-state index contributed by atoms with van der Waals surface area (Å²) in [5.41, 5.74) is 4.41. The number of urea groups is 1. The van der Waals surface area contributed by atoms with E-state index in [4.69, 9.17) is 14.7 Å². The quantitative estimate of drug-likeness (QED) is 0.250. The first kappa shape index (κ1) is 27.8. The Balaban J connectivity index is 1.24. The van der Waals surface area contributed by atoms with Crippen molar-refractivity contribution in [2.75, 3.05) is 47.2 Å². The van der Waals surface area contributed by atoms with Crippen LogP contribution >= 0.6 is 0 Å². The summed E-state index contributed by atoms with van der Waals surface area (Å²) in [6, 6.07) is 16.8. The van der Waals surface area contributed by atoms with Crippen LogP contribution in [0.15, 0.2) is 73.1 Å². The van der Waals surface area contributed by atoms with Crippen molar-refractivity contribution < 1.29 is 18.7 Å². The predicted octanol–water partition coefficient (Wildman–Crippen LogP) is 5.28. The zero-order chi connectivity index (χ0) is 29.9. The van der Waals surface area contributed by atoms with Gasteiger partial charge in [0, 0.05) is 61.1 Å². The van der Waals surface area contributed by atoms with Crippen molar-refractivity contribution in [2.24, 2.45) is 7.05 Å². The van der Waals surface area contributed by atoms with Gasteiger partial charge in [-0.3, -0.25) is 9.48 Å². The second kappa shape index (κ2) is 11.9. The Labute approximate surface area is 246 Å². The number of ether oxygens (including phenoxy) is 1. The summed E-state index contributed by atoms with van der Waals surface area (Å²) >= 11 is 0. The highest BCUT2D eigenvalue weighted by atomic mass is 19.1. The number of hydrogen-bond donors (Lipinski definition) is 3.